The van der Waals surface area contributed by atoms with Crippen molar-refractivity contribution in [3.63, 3.8) is 0 Å². The maximum absolute atomic E-state index is 10.4. The molecular formula is C19H22N2O3. The number of hydrogen-bond acceptors (Lipinski definition) is 4. The zero-order valence-electron chi connectivity index (χ0n) is 14.1. The third-order valence-corrected chi connectivity index (χ3v) is 3.48. The van der Waals surface area contributed by atoms with E-state index < -0.39 is 6.10 Å². The Balaban J connectivity index is 1.80. The Morgan fingerprint density at radius 3 is 2.79 bits per heavy atom. The minimum Gasteiger partial charge on any atom is -0.488 e. The lowest BCUT2D eigenvalue weighted by Gasteiger charge is -2.21. The Morgan fingerprint density at radius 2 is 2.08 bits per heavy atom. The molecular weight excluding hydrogens is 304 g/mol. The first-order valence-electron chi connectivity index (χ1n) is 7.93. The number of aromatic nitrogens is 2. The number of aliphatic hydroxyl groups is 1. The molecule has 0 radical (unpaired) electrons. The lowest BCUT2D eigenvalue weighted by Crippen LogP contribution is -2.23. The number of imidazole rings is 1. The van der Waals surface area contributed by atoms with Gasteiger partial charge in [0.1, 0.15) is 22.9 Å². The first-order valence-corrected chi connectivity index (χ1v) is 7.93. The van der Waals surface area contributed by atoms with Crippen molar-refractivity contribution in [2.45, 2.75) is 39.0 Å². The van der Waals surface area contributed by atoms with Gasteiger partial charge in [-0.15, -0.1) is 0 Å². The summed E-state index contributed by atoms with van der Waals surface area (Å²) in [6.07, 6.45) is 4.18. The van der Waals surface area contributed by atoms with Gasteiger partial charge in [0, 0.05) is 18.9 Å². The van der Waals surface area contributed by atoms with E-state index in [1.165, 1.54) is 0 Å². The van der Waals surface area contributed by atoms with Gasteiger partial charge in [0.05, 0.1) is 6.26 Å². The van der Waals surface area contributed by atoms with Crippen LogP contribution in [-0.2, 0) is 6.54 Å². The second-order valence-corrected chi connectivity index (χ2v) is 6.69. The zero-order chi connectivity index (χ0) is 17.2. The molecule has 5 heteroatoms. The minimum atomic E-state index is -0.885. The van der Waals surface area contributed by atoms with Crippen molar-refractivity contribution < 1.29 is 14.3 Å². The number of ether oxygens (including phenoxy) is 1. The summed E-state index contributed by atoms with van der Waals surface area (Å²) in [6.45, 7) is 6.66. The molecule has 0 saturated heterocycles. The van der Waals surface area contributed by atoms with Crippen LogP contribution in [0.3, 0.4) is 0 Å². The fourth-order valence-corrected chi connectivity index (χ4v) is 2.53. The van der Waals surface area contributed by atoms with E-state index in [-0.39, 0.29) is 5.60 Å². The molecule has 0 amide bonds. The van der Waals surface area contributed by atoms with Gasteiger partial charge in [0.2, 0.25) is 0 Å². The van der Waals surface area contributed by atoms with Crippen LogP contribution in [0.1, 0.15) is 44.0 Å². The molecule has 1 unspecified atom stereocenters. The highest BCUT2D eigenvalue weighted by molar-refractivity contribution is 5.29. The summed E-state index contributed by atoms with van der Waals surface area (Å²) in [5.41, 5.74) is 0.830. The van der Waals surface area contributed by atoms with E-state index in [0.717, 1.165) is 11.3 Å². The Morgan fingerprint density at radius 1 is 1.25 bits per heavy atom. The van der Waals surface area contributed by atoms with Crippen molar-refractivity contribution in [1.29, 1.82) is 0 Å². The molecule has 1 aromatic carbocycles. The van der Waals surface area contributed by atoms with Gasteiger partial charge in [-0.1, -0.05) is 12.1 Å². The smallest absolute Gasteiger partial charge is 0.169 e. The Hall–Kier alpha value is -2.53. The van der Waals surface area contributed by atoms with Crippen LogP contribution in [0, 0.1) is 0 Å². The normalized spacial score (nSPS) is 13.0. The lowest BCUT2D eigenvalue weighted by atomic mass is 10.1. The number of benzene rings is 1. The molecule has 0 aliphatic carbocycles. The highest BCUT2D eigenvalue weighted by Gasteiger charge is 2.19. The molecule has 0 saturated carbocycles. The average molecular weight is 326 g/mol. The van der Waals surface area contributed by atoms with Crippen molar-refractivity contribution in [1.82, 2.24) is 9.55 Å². The van der Waals surface area contributed by atoms with E-state index in [1.54, 1.807) is 24.6 Å². The van der Waals surface area contributed by atoms with Gasteiger partial charge in [-0.3, -0.25) is 0 Å². The standard InChI is InChI=1S/C19H22N2O3/c1-19(2,3)24-15-7-4-6-14(12-15)13-21-10-9-20-18(21)17(22)16-8-5-11-23-16/h4-12,17,22H,13H2,1-3H3. The van der Waals surface area contributed by atoms with Crippen molar-refractivity contribution in [3.8, 4) is 5.75 Å². The van der Waals surface area contributed by atoms with Crippen molar-refractivity contribution >= 4 is 0 Å². The molecule has 24 heavy (non-hydrogen) atoms. The fraction of sp³-hybridized carbons (Fsp3) is 0.316. The molecule has 126 valence electrons. The summed E-state index contributed by atoms with van der Waals surface area (Å²) < 4.78 is 13.1. The predicted octanol–water partition coefficient (Wildman–Crippen LogP) is 3.78. The molecule has 5 nitrogen and oxygen atoms in total. The van der Waals surface area contributed by atoms with E-state index in [0.29, 0.717) is 18.1 Å². The molecule has 3 aromatic rings. The Labute approximate surface area is 141 Å². The van der Waals surface area contributed by atoms with E-state index in [9.17, 15) is 5.11 Å². The van der Waals surface area contributed by atoms with Crippen LogP contribution in [0.25, 0.3) is 0 Å². The molecule has 0 fully saturated rings. The number of rotatable bonds is 5. The van der Waals surface area contributed by atoms with E-state index in [2.05, 4.69) is 4.98 Å². The minimum absolute atomic E-state index is 0.242. The van der Waals surface area contributed by atoms with Gasteiger partial charge in [-0.25, -0.2) is 4.98 Å². The summed E-state index contributed by atoms with van der Waals surface area (Å²) in [7, 11) is 0. The molecule has 3 rings (SSSR count). The van der Waals surface area contributed by atoms with Crippen LogP contribution in [0.5, 0.6) is 5.75 Å². The number of aliphatic hydroxyl groups excluding tert-OH is 1. The van der Waals surface area contributed by atoms with Crippen LogP contribution in [0.15, 0.2) is 59.5 Å². The first kappa shape index (κ1) is 16.3. The number of nitrogens with zero attached hydrogens (tertiary/aromatic N) is 2. The highest BCUT2D eigenvalue weighted by atomic mass is 16.5. The Kier molecular flexibility index (Phi) is 4.44. The number of furan rings is 1. The van der Waals surface area contributed by atoms with Gasteiger partial charge in [-0.2, -0.15) is 0 Å². The SMILES string of the molecule is CC(C)(C)Oc1cccc(Cn2ccnc2C(O)c2ccco2)c1. The van der Waals surface area contributed by atoms with Crippen LogP contribution in [-0.4, -0.2) is 20.3 Å². The maximum atomic E-state index is 10.4. The molecule has 0 spiro atoms. The Bertz CT molecular complexity index is 785. The summed E-state index contributed by atoms with van der Waals surface area (Å²) in [5, 5.41) is 10.4. The summed E-state index contributed by atoms with van der Waals surface area (Å²) in [5.74, 6) is 1.85. The first-order chi connectivity index (χ1) is 11.4. The van der Waals surface area contributed by atoms with Crippen molar-refractivity contribution in [2.24, 2.45) is 0 Å². The van der Waals surface area contributed by atoms with E-state index >= 15 is 0 Å². The molecule has 2 heterocycles. The third kappa shape index (κ3) is 3.86. The lowest BCUT2D eigenvalue weighted by molar-refractivity contribution is 0.131. The predicted molar refractivity (Wildman–Crippen MR) is 90.9 cm³/mol. The van der Waals surface area contributed by atoms with Crippen molar-refractivity contribution in [2.75, 3.05) is 0 Å². The average Bonchev–Trinajstić information content (AvgIpc) is 3.16. The fourth-order valence-electron chi connectivity index (χ4n) is 2.53. The summed E-state index contributed by atoms with van der Waals surface area (Å²) in [6, 6.07) is 11.4. The van der Waals surface area contributed by atoms with Crippen molar-refractivity contribution in [3.05, 3.63) is 72.2 Å². The molecule has 0 aliphatic heterocycles. The topological polar surface area (TPSA) is 60.4 Å². The molecule has 0 bridgehead atoms. The van der Waals surface area contributed by atoms with Crippen LogP contribution in [0.4, 0.5) is 0 Å². The number of hydrogen-bond donors (Lipinski definition) is 1. The van der Waals surface area contributed by atoms with Gasteiger partial charge in [0.25, 0.3) is 0 Å². The monoisotopic (exact) mass is 326 g/mol. The summed E-state index contributed by atoms with van der Waals surface area (Å²) >= 11 is 0. The van der Waals surface area contributed by atoms with Crippen LogP contribution in [0.2, 0.25) is 0 Å². The molecule has 1 atom stereocenters. The van der Waals surface area contributed by atoms with Crippen LogP contribution >= 0.6 is 0 Å². The van der Waals surface area contributed by atoms with E-state index in [4.69, 9.17) is 9.15 Å². The largest absolute Gasteiger partial charge is 0.488 e. The van der Waals surface area contributed by atoms with E-state index in [1.807, 2.05) is 55.8 Å². The molecule has 1 N–H and O–H groups in total. The molecule has 2 aromatic heterocycles. The zero-order valence-corrected chi connectivity index (χ0v) is 14.1. The van der Waals surface area contributed by atoms with Gasteiger partial charge < -0.3 is 18.8 Å². The third-order valence-electron chi connectivity index (χ3n) is 3.48. The van der Waals surface area contributed by atoms with Gasteiger partial charge >= 0.3 is 0 Å². The summed E-state index contributed by atoms with van der Waals surface area (Å²) in [4.78, 5) is 4.27. The maximum Gasteiger partial charge on any atom is 0.169 e. The highest BCUT2D eigenvalue weighted by Crippen LogP contribution is 2.23. The van der Waals surface area contributed by atoms with Gasteiger partial charge in [0.15, 0.2) is 6.10 Å². The van der Waals surface area contributed by atoms with Crippen LogP contribution < -0.4 is 4.74 Å². The second-order valence-electron chi connectivity index (χ2n) is 6.69. The second kappa shape index (κ2) is 6.53. The quantitative estimate of drug-likeness (QED) is 0.775. The molecule has 0 aliphatic rings. The van der Waals surface area contributed by atoms with Gasteiger partial charge in [-0.05, 0) is 50.6 Å².